The zero-order valence-corrected chi connectivity index (χ0v) is 15.2. The summed E-state index contributed by atoms with van der Waals surface area (Å²) in [5.74, 6) is -0.151. The van der Waals surface area contributed by atoms with E-state index < -0.39 is 5.82 Å². The van der Waals surface area contributed by atoms with Crippen molar-refractivity contribution in [3.63, 3.8) is 0 Å². The lowest BCUT2D eigenvalue weighted by Crippen LogP contribution is -2.11. The largest absolute Gasteiger partial charge is 0.307 e. The lowest BCUT2D eigenvalue weighted by molar-refractivity contribution is -0.111. The number of halogens is 2. The van der Waals surface area contributed by atoms with Crippen LogP contribution in [0.4, 0.5) is 10.2 Å². The summed E-state index contributed by atoms with van der Waals surface area (Å²) < 4.78 is 18.0. The highest BCUT2D eigenvalue weighted by Gasteiger charge is 2.07. The first kappa shape index (κ1) is 17.1. The third-order valence-electron chi connectivity index (χ3n) is 3.45. The van der Waals surface area contributed by atoms with Crippen LogP contribution in [0, 0.1) is 12.7 Å². The summed E-state index contributed by atoms with van der Waals surface area (Å²) in [6.07, 6.45) is 6.14. The molecule has 3 rings (SSSR count). The lowest BCUT2D eigenvalue weighted by Gasteiger charge is -2.04. The third kappa shape index (κ3) is 4.03. The van der Waals surface area contributed by atoms with Gasteiger partial charge in [0.15, 0.2) is 0 Å². The van der Waals surface area contributed by atoms with E-state index in [9.17, 15) is 9.18 Å². The molecule has 2 heterocycles. The number of hydrogen-bond donors (Lipinski definition) is 1. The van der Waals surface area contributed by atoms with E-state index in [-0.39, 0.29) is 5.91 Å². The molecule has 0 saturated carbocycles. The molecule has 0 aliphatic carbocycles. The van der Waals surface area contributed by atoms with Gasteiger partial charge in [-0.1, -0.05) is 6.07 Å². The summed E-state index contributed by atoms with van der Waals surface area (Å²) in [6.45, 7) is 1.84. The Labute approximate surface area is 152 Å². The zero-order chi connectivity index (χ0) is 18.0. The summed E-state index contributed by atoms with van der Waals surface area (Å²) in [5, 5.41) is 10.9. The summed E-state index contributed by atoms with van der Waals surface area (Å²) in [7, 11) is 1.74. The second kappa shape index (κ2) is 7.02. The van der Waals surface area contributed by atoms with Gasteiger partial charge in [-0.25, -0.2) is 9.07 Å². The van der Waals surface area contributed by atoms with Crippen LogP contribution in [0.2, 0.25) is 0 Å². The zero-order valence-electron chi connectivity index (χ0n) is 13.6. The van der Waals surface area contributed by atoms with Gasteiger partial charge >= 0.3 is 0 Å². The molecule has 0 radical (unpaired) electrons. The first-order valence-electron chi connectivity index (χ1n) is 7.42. The maximum absolute atomic E-state index is 14.2. The fourth-order valence-electron chi connectivity index (χ4n) is 2.31. The van der Waals surface area contributed by atoms with Gasteiger partial charge in [-0.15, -0.1) is 0 Å². The highest BCUT2D eigenvalue weighted by molar-refractivity contribution is 9.10. The predicted octanol–water partition coefficient (Wildman–Crippen LogP) is 3.47. The number of anilines is 1. The van der Waals surface area contributed by atoms with Crippen molar-refractivity contribution in [2.75, 3.05) is 5.32 Å². The molecule has 1 N–H and O–H groups in total. The van der Waals surface area contributed by atoms with Crippen LogP contribution in [0.5, 0.6) is 0 Å². The molecule has 8 heteroatoms. The molecule has 25 heavy (non-hydrogen) atoms. The fourth-order valence-corrected chi connectivity index (χ4v) is 2.60. The van der Waals surface area contributed by atoms with E-state index in [0.717, 1.165) is 10.2 Å². The smallest absolute Gasteiger partial charge is 0.249 e. The Morgan fingerprint density at radius 2 is 2.16 bits per heavy atom. The monoisotopic (exact) mass is 403 g/mol. The SMILES string of the molecule is Cc1cc(NC(=O)/C=C/c2ccc(-n3cc(Br)cn3)c(F)c2)n(C)n1. The standard InChI is InChI=1S/C17H15BrFN5O/c1-11-7-16(23(2)22-11)21-17(25)6-4-12-3-5-15(14(19)8-12)24-10-13(18)9-20-24/h3-10H,1-2H3,(H,21,25)/b6-4+. The quantitative estimate of drug-likeness (QED) is 0.678. The van der Waals surface area contributed by atoms with E-state index in [4.69, 9.17) is 0 Å². The van der Waals surface area contributed by atoms with Gasteiger partial charge in [0.25, 0.3) is 0 Å². The minimum Gasteiger partial charge on any atom is -0.307 e. The van der Waals surface area contributed by atoms with Gasteiger partial charge in [0.1, 0.15) is 17.3 Å². The molecule has 0 saturated heterocycles. The normalized spacial score (nSPS) is 11.2. The molecule has 0 atom stereocenters. The number of nitrogens with zero attached hydrogens (tertiary/aromatic N) is 4. The number of benzene rings is 1. The number of carbonyl (C=O) groups excluding carboxylic acids is 1. The Kier molecular flexibility index (Phi) is 4.80. The van der Waals surface area contributed by atoms with E-state index in [2.05, 4.69) is 31.4 Å². The molecule has 2 aromatic heterocycles. The van der Waals surface area contributed by atoms with Crippen molar-refractivity contribution in [3.05, 3.63) is 64.3 Å². The molecule has 0 fully saturated rings. The highest BCUT2D eigenvalue weighted by Crippen LogP contribution is 2.18. The number of carbonyl (C=O) groups is 1. The summed E-state index contributed by atoms with van der Waals surface area (Å²) in [6, 6.07) is 6.44. The van der Waals surface area contributed by atoms with E-state index in [0.29, 0.717) is 17.1 Å². The van der Waals surface area contributed by atoms with Crippen LogP contribution in [-0.2, 0) is 11.8 Å². The van der Waals surface area contributed by atoms with Crippen LogP contribution >= 0.6 is 15.9 Å². The maximum Gasteiger partial charge on any atom is 0.249 e. The minimum absolute atomic E-state index is 0.316. The maximum atomic E-state index is 14.2. The van der Waals surface area contributed by atoms with Crippen molar-refractivity contribution in [1.82, 2.24) is 19.6 Å². The summed E-state index contributed by atoms with van der Waals surface area (Å²) in [4.78, 5) is 12.0. The van der Waals surface area contributed by atoms with Gasteiger partial charge in [-0.3, -0.25) is 9.48 Å². The Bertz CT molecular complexity index is 960. The van der Waals surface area contributed by atoms with E-state index >= 15 is 0 Å². The molecule has 0 bridgehead atoms. The van der Waals surface area contributed by atoms with Crippen molar-refractivity contribution in [3.8, 4) is 5.69 Å². The molecule has 1 aromatic carbocycles. The Hall–Kier alpha value is -2.74. The molecule has 1 amide bonds. The number of nitrogens with one attached hydrogen (secondary N) is 1. The Morgan fingerprint density at radius 3 is 2.76 bits per heavy atom. The van der Waals surface area contributed by atoms with E-state index in [1.807, 2.05) is 6.92 Å². The molecule has 0 aliphatic heterocycles. The lowest BCUT2D eigenvalue weighted by atomic mass is 10.2. The Balaban J connectivity index is 1.72. The van der Waals surface area contributed by atoms with Crippen LogP contribution in [0.3, 0.4) is 0 Å². The minimum atomic E-state index is -0.430. The number of amides is 1. The molecule has 0 unspecified atom stereocenters. The van der Waals surface area contributed by atoms with Crippen LogP contribution in [0.15, 0.2) is 47.2 Å². The molecule has 0 spiro atoms. The van der Waals surface area contributed by atoms with Gasteiger partial charge in [0.2, 0.25) is 5.91 Å². The van der Waals surface area contributed by atoms with Crippen molar-refractivity contribution in [2.45, 2.75) is 6.92 Å². The fraction of sp³-hybridized carbons (Fsp3) is 0.118. The molecule has 3 aromatic rings. The van der Waals surface area contributed by atoms with Gasteiger partial charge < -0.3 is 5.32 Å². The van der Waals surface area contributed by atoms with Crippen molar-refractivity contribution in [2.24, 2.45) is 7.05 Å². The van der Waals surface area contributed by atoms with Gasteiger partial charge in [-0.2, -0.15) is 10.2 Å². The average molecular weight is 404 g/mol. The average Bonchev–Trinajstić information content (AvgIpc) is 3.11. The summed E-state index contributed by atoms with van der Waals surface area (Å²) in [5.41, 5.74) is 1.71. The second-order valence-electron chi connectivity index (χ2n) is 5.43. The first-order chi connectivity index (χ1) is 11.9. The van der Waals surface area contributed by atoms with E-state index in [1.54, 1.807) is 48.4 Å². The number of rotatable bonds is 4. The van der Waals surface area contributed by atoms with Gasteiger partial charge in [-0.05, 0) is 46.6 Å². The number of aryl methyl sites for hydroxylation is 2. The molecule has 0 aliphatic rings. The summed E-state index contributed by atoms with van der Waals surface area (Å²) >= 11 is 3.28. The molecule has 128 valence electrons. The van der Waals surface area contributed by atoms with Crippen molar-refractivity contribution in [1.29, 1.82) is 0 Å². The van der Waals surface area contributed by atoms with Crippen LogP contribution < -0.4 is 5.32 Å². The van der Waals surface area contributed by atoms with Gasteiger partial charge in [0, 0.05) is 25.4 Å². The van der Waals surface area contributed by atoms with Crippen molar-refractivity contribution < 1.29 is 9.18 Å². The highest BCUT2D eigenvalue weighted by atomic mass is 79.9. The molecular weight excluding hydrogens is 389 g/mol. The van der Waals surface area contributed by atoms with Crippen LogP contribution in [-0.4, -0.2) is 25.5 Å². The second-order valence-corrected chi connectivity index (χ2v) is 6.35. The third-order valence-corrected chi connectivity index (χ3v) is 3.86. The first-order valence-corrected chi connectivity index (χ1v) is 8.21. The van der Waals surface area contributed by atoms with Crippen LogP contribution in [0.25, 0.3) is 11.8 Å². The number of aromatic nitrogens is 4. The van der Waals surface area contributed by atoms with Crippen molar-refractivity contribution >= 4 is 33.7 Å². The number of hydrogen-bond acceptors (Lipinski definition) is 3. The topological polar surface area (TPSA) is 64.7 Å². The van der Waals surface area contributed by atoms with Gasteiger partial charge in [0.05, 0.1) is 16.4 Å². The van der Waals surface area contributed by atoms with E-state index in [1.165, 1.54) is 16.8 Å². The van der Waals surface area contributed by atoms with Crippen LogP contribution in [0.1, 0.15) is 11.3 Å². The predicted molar refractivity (Wildman–Crippen MR) is 96.8 cm³/mol. The molecule has 6 nitrogen and oxygen atoms in total. The molecular formula is C17H15BrFN5O. The Morgan fingerprint density at radius 1 is 1.36 bits per heavy atom.